The quantitative estimate of drug-likeness (QED) is 0.825. The lowest BCUT2D eigenvalue weighted by Crippen LogP contribution is -2.41. The van der Waals surface area contributed by atoms with E-state index >= 15 is 0 Å². The van der Waals surface area contributed by atoms with Crippen LogP contribution in [0.15, 0.2) is 30.3 Å². The lowest BCUT2D eigenvalue weighted by atomic mass is 10.2. The zero-order chi connectivity index (χ0) is 11.7. The summed E-state index contributed by atoms with van der Waals surface area (Å²) in [5.74, 6) is 0.603. The normalized spacial score (nSPS) is 29.5. The van der Waals surface area contributed by atoms with Gasteiger partial charge in [0.2, 0.25) is 0 Å². The Kier molecular flexibility index (Phi) is 2.52. The van der Waals surface area contributed by atoms with Crippen LogP contribution in [-0.4, -0.2) is 24.7 Å². The van der Waals surface area contributed by atoms with E-state index in [2.05, 4.69) is 10.6 Å². The van der Waals surface area contributed by atoms with Gasteiger partial charge in [-0.05, 0) is 17.9 Å². The number of hydrogen-bond donors (Lipinski definition) is 2. The average Bonchev–Trinajstić information content (AvgIpc) is 2.88. The van der Waals surface area contributed by atoms with E-state index in [1.54, 1.807) is 0 Å². The lowest BCUT2D eigenvalue weighted by Gasteiger charge is -2.14. The van der Waals surface area contributed by atoms with Crippen molar-refractivity contribution in [2.45, 2.75) is 18.6 Å². The van der Waals surface area contributed by atoms with Crippen molar-refractivity contribution in [3.8, 4) is 0 Å². The number of alkyl carbamates (subject to hydrolysis) is 1. The smallest absolute Gasteiger partial charge is 0.407 e. The number of benzene rings is 1. The maximum absolute atomic E-state index is 11.6. The van der Waals surface area contributed by atoms with Gasteiger partial charge < -0.3 is 15.4 Å². The van der Waals surface area contributed by atoms with Crippen molar-refractivity contribution in [2.24, 2.45) is 5.92 Å². The van der Waals surface area contributed by atoms with Crippen molar-refractivity contribution in [3.05, 3.63) is 35.9 Å². The Labute approximate surface area is 100 Å². The fourth-order valence-electron chi connectivity index (χ4n) is 2.49. The first-order valence-electron chi connectivity index (χ1n) is 5.98. The van der Waals surface area contributed by atoms with Crippen molar-refractivity contribution in [1.82, 2.24) is 10.6 Å². The molecule has 0 spiro atoms. The van der Waals surface area contributed by atoms with Gasteiger partial charge in [-0.25, -0.2) is 4.79 Å². The summed E-state index contributed by atoms with van der Waals surface area (Å²) in [6, 6.07) is 9.72. The molecule has 1 aromatic rings. The third kappa shape index (κ3) is 2.13. The first-order chi connectivity index (χ1) is 8.28. The van der Waals surface area contributed by atoms with Gasteiger partial charge in [-0.3, -0.25) is 0 Å². The molecule has 0 unspecified atom stereocenters. The monoisotopic (exact) mass is 232 g/mol. The van der Waals surface area contributed by atoms with Crippen molar-refractivity contribution >= 4 is 6.09 Å². The van der Waals surface area contributed by atoms with Crippen molar-refractivity contribution in [1.29, 1.82) is 0 Å². The molecule has 0 bridgehead atoms. The van der Waals surface area contributed by atoms with Gasteiger partial charge in [0.05, 0.1) is 5.54 Å². The molecule has 4 nitrogen and oxygen atoms in total. The number of hydrogen-bond acceptors (Lipinski definition) is 3. The van der Waals surface area contributed by atoms with E-state index in [9.17, 15) is 4.79 Å². The number of ether oxygens (including phenoxy) is 1. The maximum atomic E-state index is 11.6. The third-order valence-corrected chi connectivity index (χ3v) is 3.63. The molecule has 2 fully saturated rings. The van der Waals surface area contributed by atoms with E-state index in [-0.39, 0.29) is 11.6 Å². The second-order valence-corrected chi connectivity index (χ2v) is 4.87. The number of carbonyl (C=O) groups excluding carboxylic acids is 1. The summed E-state index contributed by atoms with van der Waals surface area (Å²) in [6.07, 6.45) is 0.778. The Morgan fingerprint density at radius 2 is 2.29 bits per heavy atom. The highest BCUT2D eigenvalue weighted by Crippen LogP contribution is 2.45. The number of piperidine rings is 1. The predicted octanol–water partition coefficient (Wildman–Crippen LogP) is 1.27. The largest absolute Gasteiger partial charge is 0.445 e. The minimum absolute atomic E-state index is 0.00618. The lowest BCUT2D eigenvalue weighted by molar-refractivity contribution is 0.134. The molecule has 1 aliphatic carbocycles. The number of rotatable bonds is 3. The van der Waals surface area contributed by atoms with Gasteiger partial charge in [0.25, 0.3) is 0 Å². The molecule has 4 heteroatoms. The molecule has 2 atom stereocenters. The number of carbonyl (C=O) groups is 1. The summed E-state index contributed by atoms with van der Waals surface area (Å²) < 4.78 is 5.20. The van der Waals surface area contributed by atoms with Gasteiger partial charge in [-0.1, -0.05) is 30.3 Å². The van der Waals surface area contributed by atoms with Crippen LogP contribution in [0.4, 0.5) is 4.79 Å². The Morgan fingerprint density at radius 1 is 1.47 bits per heavy atom. The summed E-state index contributed by atoms with van der Waals surface area (Å²) in [7, 11) is 0. The van der Waals surface area contributed by atoms with E-state index in [0.29, 0.717) is 12.5 Å². The number of fused-ring (bicyclic) bond motifs is 1. The summed E-state index contributed by atoms with van der Waals surface area (Å²) in [5, 5.41) is 6.25. The van der Waals surface area contributed by atoms with Crippen LogP contribution in [0.1, 0.15) is 12.0 Å². The molecule has 90 valence electrons. The van der Waals surface area contributed by atoms with Crippen LogP contribution in [0.5, 0.6) is 0 Å². The summed E-state index contributed by atoms with van der Waals surface area (Å²) >= 11 is 0. The standard InChI is InChI=1S/C13H16N2O2/c16-12(15-13-6-11(13)7-14-9-13)17-8-10-4-2-1-3-5-10/h1-5,11,14H,6-9H2,(H,15,16)/t11-,13-/m0/s1. The van der Waals surface area contributed by atoms with E-state index in [1.165, 1.54) is 0 Å². The Balaban J connectivity index is 1.48. The zero-order valence-electron chi connectivity index (χ0n) is 9.61. The molecule has 2 aliphatic rings. The molecule has 0 radical (unpaired) electrons. The van der Waals surface area contributed by atoms with Gasteiger partial charge in [0.15, 0.2) is 0 Å². The summed E-state index contributed by atoms with van der Waals surface area (Å²) in [6.45, 7) is 2.22. The highest BCUT2D eigenvalue weighted by Gasteiger charge is 2.58. The van der Waals surface area contributed by atoms with Crippen LogP contribution < -0.4 is 10.6 Å². The molecule has 0 aromatic heterocycles. The van der Waals surface area contributed by atoms with Gasteiger partial charge in [-0.2, -0.15) is 0 Å². The Morgan fingerprint density at radius 3 is 2.94 bits per heavy atom. The molecule has 3 rings (SSSR count). The Bertz CT molecular complexity index is 421. The van der Waals surface area contributed by atoms with E-state index < -0.39 is 0 Å². The topological polar surface area (TPSA) is 50.4 Å². The van der Waals surface area contributed by atoms with Crippen LogP contribution in [0.3, 0.4) is 0 Å². The first-order valence-corrected chi connectivity index (χ1v) is 5.98. The van der Waals surface area contributed by atoms with Gasteiger partial charge >= 0.3 is 6.09 Å². The molecule has 1 aliphatic heterocycles. The van der Waals surface area contributed by atoms with Gasteiger partial charge in [0.1, 0.15) is 6.61 Å². The fourth-order valence-corrected chi connectivity index (χ4v) is 2.49. The van der Waals surface area contributed by atoms with Crippen molar-refractivity contribution in [3.63, 3.8) is 0 Å². The van der Waals surface area contributed by atoms with Gasteiger partial charge in [0, 0.05) is 13.1 Å². The number of amides is 1. The van der Waals surface area contributed by atoms with E-state index in [1.807, 2.05) is 30.3 Å². The minimum atomic E-state index is -0.306. The molecule has 17 heavy (non-hydrogen) atoms. The fraction of sp³-hybridized carbons (Fsp3) is 0.462. The van der Waals surface area contributed by atoms with Crippen molar-refractivity contribution in [2.75, 3.05) is 13.1 Å². The molecular weight excluding hydrogens is 216 g/mol. The third-order valence-electron chi connectivity index (χ3n) is 3.63. The van der Waals surface area contributed by atoms with E-state index in [0.717, 1.165) is 25.1 Å². The molecular formula is C13H16N2O2. The van der Waals surface area contributed by atoms with Crippen LogP contribution in [0.25, 0.3) is 0 Å². The highest BCUT2D eigenvalue weighted by molar-refractivity contribution is 5.69. The van der Waals surface area contributed by atoms with E-state index in [4.69, 9.17) is 4.74 Å². The SMILES string of the molecule is O=C(N[C@@]12CNC[C@@H]1C2)OCc1ccccc1. The predicted molar refractivity (Wildman–Crippen MR) is 63.5 cm³/mol. The zero-order valence-corrected chi connectivity index (χ0v) is 9.61. The molecule has 1 aromatic carbocycles. The van der Waals surface area contributed by atoms with Crippen molar-refractivity contribution < 1.29 is 9.53 Å². The summed E-state index contributed by atoms with van der Waals surface area (Å²) in [5.41, 5.74) is 1.00. The molecule has 1 saturated carbocycles. The maximum Gasteiger partial charge on any atom is 0.407 e. The average molecular weight is 232 g/mol. The van der Waals surface area contributed by atoms with Crippen LogP contribution in [-0.2, 0) is 11.3 Å². The van der Waals surface area contributed by atoms with Crippen LogP contribution >= 0.6 is 0 Å². The molecule has 1 heterocycles. The second kappa shape index (κ2) is 4.04. The van der Waals surface area contributed by atoms with Crippen LogP contribution in [0.2, 0.25) is 0 Å². The Hall–Kier alpha value is -1.55. The molecule has 1 amide bonds. The highest BCUT2D eigenvalue weighted by atomic mass is 16.5. The van der Waals surface area contributed by atoms with Crippen LogP contribution in [0, 0.1) is 5.92 Å². The van der Waals surface area contributed by atoms with Gasteiger partial charge in [-0.15, -0.1) is 0 Å². The first kappa shape index (κ1) is 10.6. The second-order valence-electron chi connectivity index (χ2n) is 4.87. The number of nitrogens with one attached hydrogen (secondary N) is 2. The minimum Gasteiger partial charge on any atom is -0.445 e. The molecule has 1 saturated heterocycles. The molecule has 2 N–H and O–H groups in total. The summed E-state index contributed by atoms with van der Waals surface area (Å²) in [4.78, 5) is 11.6.